The van der Waals surface area contributed by atoms with E-state index < -0.39 is 0 Å². The predicted molar refractivity (Wildman–Crippen MR) is 181 cm³/mol. The summed E-state index contributed by atoms with van der Waals surface area (Å²) in [4.78, 5) is 0. The van der Waals surface area contributed by atoms with Crippen LogP contribution in [0.3, 0.4) is 0 Å². The van der Waals surface area contributed by atoms with Crippen molar-refractivity contribution in [3.8, 4) is 56.0 Å². The summed E-state index contributed by atoms with van der Waals surface area (Å²) < 4.78 is 6.35. The molecule has 0 spiro atoms. The molecule has 1 aliphatic heterocycles. The lowest BCUT2D eigenvalue weighted by molar-refractivity contribution is 0.487. The van der Waals surface area contributed by atoms with Gasteiger partial charge in [-0.1, -0.05) is 133 Å². The molecule has 1 nitrogen and oxygen atoms in total. The van der Waals surface area contributed by atoms with E-state index in [-0.39, 0.29) is 0 Å². The van der Waals surface area contributed by atoms with Crippen molar-refractivity contribution in [3.05, 3.63) is 158 Å². The Kier molecular flexibility index (Phi) is 5.27. The zero-order chi connectivity index (χ0) is 28.3. The molecule has 0 radical (unpaired) electrons. The molecule has 0 bridgehead atoms. The second kappa shape index (κ2) is 9.44. The fraction of sp³-hybridized carbons (Fsp3) is 0. The van der Waals surface area contributed by atoms with Crippen LogP contribution in [0.4, 0.5) is 0 Å². The number of fused-ring (bicyclic) bond motifs is 4. The Morgan fingerprint density at radius 2 is 0.884 bits per heavy atom. The van der Waals surface area contributed by atoms with Crippen molar-refractivity contribution in [1.82, 2.24) is 0 Å². The Morgan fingerprint density at radius 1 is 0.326 bits per heavy atom. The van der Waals surface area contributed by atoms with Gasteiger partial charge in [0, 0.05) is 10.9 Å². The molecule has 9 rings (SSSR count). The second-order valence-electron chi connectivity index (χ2n) is 11.2. The number of hydrogen-bond acceptors (Lipinski definition) is 1. The van der Waals surface area contributed by atoms with Crippen molar-refractivity contribution >= 4 is 32.3 Å². The zero-order valence-corrected chi connectivity index (χ0v) is 23.4. The standard InChI is InChI=1S/C42H26O/c1-2-13-27(14-3-1)30-16-4-5-18-32(30)42-35-21-8-6-19-33(35)40(34-20-7-9-22-36(34)42)29-25-28-15-12-24-39-41(28)37(26-29)31-17-10-11-23-38(31)43-39/h1-26H. The van der Waals surface area contributed by atoms with Crippen molar-refractivity contribution in [2.45, 2.75) is 0 Å². The summed E-state index contributed by atoms with van der Waals surface area (Å²) >= 11 is 0. The van der Waals surface area contributed by atoms with E-state index in [9.17, 15) is 0 Å². The van der Waals surface area contributed by atoms with Gasteiger partial charge in [-0.2, -0.15) is 0 Å². The van der Waals surface area contributed by atoms with Crippen molar-refractivity contribution in [2.24, 2.45) is 0 Å². The number of para-hydroxylation sites is 1. The lowest BCUT2D eigenvalue weighted by atomic mass is 9.82. The van der Waals surface area contributed by atoms with Gasteiger partial charge in [0.2, 0.25) is 0 Å². The second-order valence-corrected chi connectivity index (χ2v) is 11.2. The van der Waals surface area contributed by atoms with E-state index in [2.05, 4.69) is 152 Å². The van der Waals surface area contributed by atoms with E-state index in [1.807, 2.05) is 6.07 Å². The van der Waals surface area contributed by atoms with Crippen LogP contribution in [0.15, 0.2) is 158 Å². The summed E-state index contributed by atoms with van der Waals surface area (Å²) in [5.74, 6) is 1.82. The van der Waals surface area contributed by atoms with Crippen LogP contribution in [0.1, 0.15) is 0 Å². The van der Waals surface area contributed by atoms with Gasteiger partial charge < -0.3 is 4.74 Å². The Bertz CT molecular complexity index is 2310. The predicted octanol–water partition coefficient (Wildman–Crippen LogP) is 11.9. The number of rotatable bonds is 3. The average molecular weight is 547 g/mol. The molecule has 0 aliphatic carbocycles. The van der Waals surface area contributed by atoms with E-state index in [1.54, 1.807) is 0 Å². The first kappa shape index (κ1) is 24.0. The molecule has 1 aliphatic rings. The molecule has 0 N–H and O–H groups in total. The molecule has 0 fully saturated rings. The van der Waals surface area contributed by atoms with E-state index in [0.717, 1.165) is 17.1 Å². The quantitative estimate of drug-likeness (QED) is 0.200. The van der Waals surface area contributed by atoms with Gasteiger partial charge in [0.1, 0.15) is 11.5 Å². The zero-order valence-electron chi connectivity index (χ0n) is 23.4. The highest BCUT2D eigenvalue weighted by molar-refractivity contribution is 6.23. The van der Waals surface area contributed by atoms with Crippen LogP contribution >= 0.6 is 0 Å². The molecule has 0 amide bonds. The smallest absolute Gasteiger partial charge is 0.135 e. The summed E-state index contributed by atoms with van der Waals surface area (Å²) in [6, 6.07) is 56.8. The third-order valence-corrected chi connectivity index (χ3v) is 8.84. The van der Waals surface area contributed by atoms with Crippen LogP contribution in [0, 0.1) is 0 Å². The lowest BCUT2D eigenvalue weighted by Gasteiger charge is -2.23. The Balaban J connectivity index is 1.40. The lowest BCUT2D eigenvalue weighted by Crippen LogP contribution is -1.98. The van der Waals surface area contributed by atoms with Crippen molar-refractivity contribution in [2.75, 3.05) is 0 Å². The Morgan fingerprint density at radius 3 is 1.60 bits per heavy atom. The normalized spacial score (nSPS) is 11.9. The van der Waals surface area contributed by atoms with Crippen LogP contribution in [0.5, 0.6) is 11.5 Å². The number of hydrogen-bond donors (Lipinski definition) is 0. The molecule has 1 heterocycles. The number of ether oxygens (including phenoxy) is 1. The Hall–Kier alpha value is -5.66. The Labute approximate surface area is 250 Å². The first-order valence-corrected chi connectivity index (χ1v) is 14.8. The minimum atomic E-state index is 0.905. The highest BCUT2D eigenvalue weighted by atomic mass is 16.5. The molecule has 0 saturated carbocycles. The molecule has 8 aromatic carbocycles. The highest BCUT2D eigenvalue weighted by Gasteiger charge is 2.23. The third kappa shape index (κ3) is 3.65. The van der Waals surface area contributed by atoms with Crippen molar-refractivity contribution in [1.29, 1.82) is 0 Å². The summed E-state index contributed by atoms with van der Waals surface area (Å²) in [7, 11) is 0. The van der Waals surface area contributed by atoms with Gasteiger partial charge >= 0.3 is 0 Å². The van der Waals surface area contributed by atoms with Gasteiger partial charge in [-0.15, -0.1) is 0 Å². The third-order valence-electron chi connectivity index (χ3n) is 8.84. The van der Waals surface area contributed by atoms with Gasteiger partial charge in [0.05, 0.1) is 0 Å². The molecule has 1 heteroatoms. The van der Waals surface area contributed by atoms with E-state index >= 15 is 0 Å². The maximum absolute atomic E-state index is 6.35. The molecule has 43 heavy (non-hydrogen) atoms. The molecule has 0 aromatic heterocycles. The van der Waals surface area contributed by atoms with Crippen LogP contribution in [-0.4, -0.2) is 0 Å². The fourth-order valence-corrected chi connectivity index (χ4v) is 7.03. The topological polar surface area (TPSA) is 9.23 Å². The molecule has 0 atom stereocenters. The summed E-state index contributed by atoms with van der Waals surface area (Å²) in [6.07, 6.45) is 0. The molecule has 8 aromatic rings. The monoisotopic (exact) mass is 546 g/mol. The van der Waals surface area contributed by atoms with Crippen molar-refractivity contribution in [3.63, 3.8) is 0 Å². The van der Waals surface area contributed by atoms with Crippen LogP contribution in [0.25, 0.3) is 76.8 Å². The molecule has 0 saturated heterocycles. The van der Waals surface area contributed by atoms with Crippen LogP contribution in [0.2, 0.25) is 0 Å². The van der Waals surface area contributed by atoms with Crippen molar-refractivity contribution < 1.29 is 4.74 Å². The van der Waals surface area contributed by atoms with Crippen LogP contribution in [-0.2, 0) is 0 Å². The first-order valence-electron chi connectivity index (χ1n) is 14.8. The maximum Gasteiger partial charge on any atom is 0.135 e. The molecule has 0 unspecified atom stereocenters. The van der Waals surface area contributed by atoms with Gasteiger partial charge in [-0.25, -0.2) is 0 Å². The highest BCUT2D eigenvalue weighted by Crippen LogP contribution is 2.50. The largest absolute Gasteiger partial charge is 0.456 e. The maximum atomic E-state index is 6.35. The van der Waals surface area contributed by atoms with Gasteiger partial charge in [-0.05, 0) is 90.1 Å². The molecule has 200 valence electrons. The minimum absolute atomic E-state index is 0.905. The number of benzene rings is 8. The molecular weight excluding hydrogens is 520 g/mol. The summed E-state index contributed by atoms with van der Waals surface area (Å²) in [6.45, 7) is 0. The fourth-order valence-electron chi connectivity index (χ4n) is 7.03. The SMILES string of the molecule is c1ccc(-c2ccccc2-c2c3ccccc3c(-c3cc4c5c(cccc5c3)Oc3ccccc3-4)c3ccccc23)cc1. The van der Waals surface area contributed by atoms with Gasteiger partial charge in [0.15, 0.2) is 0 Å². The van der Waals surface area contributed by atoms with Crippen LogP contribution < -0.4 is 4.74 Å². The summed E-state index contributed by atoms with van der Waals surface area (Å²) in [5.41, 5.74) is 9.82. The molecular formula is C42H26O. The van der Waals surface area contributed by atoms with E-state index in [4.69, 9.17) is 4.74 Å². The minimum Gasteiger partial charge on any atom is -0.456 e. The van der Waals surface area contributed by atoms with Gasteiger partial charge in [-0.3, -0.25) is 0 Å². The van der Waals surface area contributed by atoms with E-state index in [0.29, 0.717) is 0 Å². The van der Waals surface area contributed by atoms with Gasteiger partial charge in [0.25, 0.3) is 0 Å². The summed E-state index contributed by atoms with van der Waals surface area (Å²) in [5, 5.41) is 7.37. The first-order chi connectivity index (χ1) is 21.3. The average Bonchev–Trinajstić information content (AvgIpc) is 3.07. The van der Waals surface area contributed by atoms with E-state index in [1.165, 1.54) is 71.3 Å².